The monoisotopic (exact) mass is 179 g/mol. The topological polar surface area (TPSA) is 12.9 Å². The molecule has 0 amide bonds. The summed E-state index contributed by atoms with van der Waals surface area (Å²) in [5.41, 5.74) is 1.07. The van der Waals surface area contributed by atoms with E-state index in [1.165, 1.54) is 16.2 Å². The Bertz CT molecular complexity index is 549. The van der Waals surface area contributed by atoms with Gasteiger partial charge in [0.1, 0.15) is 0 Å². The molecule has 0 aliphatic rings. The maximum atomic E-state index is 4.29. The van der Waals surface area contributed by atoms with Crippen LogP contribution in [0.2, 0.25) is 0 Å². The molecule has 0 fully saturated rings. The molecule has 66 valence electrons. The summed E-state index contributed by atoms with van der Waals surface area (Å²) < 4.78 is 0. The fraction of sp³-hybridized carbons (Fsp3) is 0. The van der Waals surface area contributed by atoms with Crippen LogP contribution in [0.1, 0.15) is 0 Å². The molecule has 0 radical (unpaired) electrons. The molecule has 0 aliphatic carbocycles. The number of nitrogens with zero attached hydrogens (tertiary/aromatic N) is 1. The summed E-state index contributed by atoms with van der Waals surface area (Å²) >= 11 is 0. The zero-order valence-electron chi connectivity index (χ0n) is 7.64. The van der Waals surface area contributed by atoms with Crippen LogP contribution in [0, 0.1) is 0 Å². The van der Waals surface area contributed by atoms with Gasteiger partial charge < -0.3 is 0 Å². The molecule has 2 aromatic carbocycles. The highest BCUT2D eigenvalue weighted by Gasteiger charge is 1.96. The maximum absolute atomic E-state index is 4.29. The molecule has 0 atom stereocenters. The third-order valence-electron chi connectivity index (χ3n) is 2.47. The first-order chi connectivity index (χ1) is 6.93. The standard InChI is InChI=1S/C13H9N/c1-2-4-10-8-12-6-7-14-13(12)9-11(10)5-3-1/h1-9H. The van der Waals surface area contributed by atoms with E-state index < -0.39 is 0 Å². The normalized spacial score (nSPS) is 10.9. The average Bonchev–Trinajstić information content (AvgIpc) is 2.51. The van der Waals surface area contributed by atoms with Gasteiger partial charge in [0.25, 0.3) is 0 Å². The average molecular weight is 179 g/mol. The van der Waals surface area contributed by atoms with Gasteiger partial charge in [0, 0.05) is 11.6 Å². The predicted molar refractivity (Wildman–Crippen MR) is 59.2 cm³/mol. The molecule has 0 spiro atoms. The van der Waals surface area contributed by atoms with Crippen LogP contribution < -0.4 is 0 Å². The first-order valence-electron chi connectivity index (χ1n) is 4.67. The van der Waals surface area contributed by atoms with E-state index in [1.54, 1.807) is 0 Å². The lowest BCUT2D eigenvalue weighted by Crippen LogP contribution is -1.69. The molecule has 3 rings (SSSR count). The lowest BCUT2D eigenvalue weighted by molar-refractivity contribution is 1.48. The fourth-order valence-electron chi connectivity index (χ4n) is 1.75. The molecule has 0 bridgehead atoms. The molecule has 14 heavy (non-hydrogen) atoms. The summed E-state index contributed by atoms with van der Waals surface area (Å²) in [5.74, 6) is 0. The van der Waals surface area contributed by atoms with Crippen molar-refractivity contribution in [3.8, 4) is 0 Å². The van der Waals surface area contributed by atoms with Crippen LogP contribution in [-0.2, 0) is 0 Å². The van der Waals surface area contributed by atoms with Crippen molar-refractivity contribution < 1.29 is 0 Å². The van der Waals surface area contributed by atoms with E-state index in [2.05, 4.69) is 41.4 Å². The van der Waals surface area contributed by atoms with E-state index in [0.717, 1.165) is 5.52 Å². The van der Waals surface area contributed by atoms with Crippen molar-refractivity contribution in [3.05, 3.63) is 54.7 Å². The summed E-state index contributed by atoms with van der Waals surface area (Å²) in [6.45, 7) is 0. The molecule has 0 aliphatic heterocycles. The minimum absolute atomic E-state index is 1.07. The molecule has 1 heterocycles. The Morgan fingerprint density at radius 3 is 2.36 bits per heavy atom. The number of benzene rings is 1. The van der Waals surface area contributed by atoms with Crippen LogP contribution in [0.3, 0.4) is 0 Å². The van der Waals surface area contributed by atoms with E-state index in [9.17, 15) is 0 Å². The Morgan fingerprint density at radius 1 is 0.714 bits per heavy atom. The SMILES string of the molecule is c1ccc2cc3ccnc3cc2cc1. The van der Waals surface area contributed by atoms with E-state index in [-0.39, 0.29) is 0 Å². The van der Waals surface area contributed by atoms with Crippen molar-refractivity contribution in [2.24, 2.45) is 0 Å². The Balaban J connectivity index is 2.55. The molecular weight excluding hydrogens is 170 g/mol. The summed E-state index contributed by atoms with van der Waals surface area (Å²) in [7, 11) is 0. The number of hydrogen-bond donors (Lipinski definition) is 0. The molecule has 0 unspecified atom stereocenters. The number of aromatic nitrogens is 1. The third kappa shape index (κ3) is 1.06. The highest BCUT2D eigenvalue weighted by atomic mass is 14.7. The second-order valence-corrected chi connectivity index (χ2v) is 3.40. The van der Waals surface area contributed by atoms with Crippen LogP contribution in [0.15, 0.2) is 54.7 Å². The van der Waals surface area contributed by atoms with Crippen molar-refractivity contribution in [2.75, 3.05) is 0 Å². The summed E-state index contributed by atoms with van der Waals surface area (Å²) in [5, 5.41) is 3.71. The summed E-state index contributed by atoms with van der Waals surface area (Å²) in [6, 6.07) is 16.7. The van der Waals surface area contributed by atoms with Crippen molar-refractivity contribution in [3.63, 3.8) is 0 Å². The minimum atomic E-state index is 1.07. The lowest BCUT2D eigenvalue weighted by atomic mass is 10.1. The van der Waals surface area contributed by atoms with Gasteiger partial charge in [-0.2, -0.15) is 0 Å². The van der Waals surface area contributed by atoms with Crippen LogP contribution >= 0.6 is 0 Å². The van der Waals surface area contributed by atoms with Crippen LogP contribution in [-0.4, -0.2) is 4.98 Å². The molecule has 1 aromatic heterocycles. The Morgan fingerprint density at radius 2 is 1.50 bits per heavy atom. The molecule has 0 N–H and O–H groups in total. The smallest absolute Gasteiger partial charge is 0.0708 e. The van der Waals surface area contributed by atoms with E-state index in [1.807, 2.05) is 18.3 Å². The number of rotatable bonds is 0. The first-order valence-corrected chi connectivity index (χ1v) is 4.67. The molecule has 1 nitrogen and oxygen atoms in total. The highest BCUT2D eigenvalue weighted by Crippen LogP contribution is 2.20. The van der Waals surface area contributed by atoms with Gasteiger partial charge in [0.15, 0.2) is 0 Å². The number of fused-ring (bicyclic) bond motifs is 2. The van der Waals surface area contributed by atoms with Gasteiger partial charge in [-0.25, -0.2) is 0 Å². The molecule has 3 aromatic rings. The largest absolute Gasteiger partial charge is 0.256 e. The van der Waals surface area contributed by atoms with Crippen LogP contribution in [0.4, 0.5) is 0 Å². The minimum Gasteiger partial charge on any atom is -0.256 e. The van der Waals surface area contributed by atoms with Gasteiger partial charge >= 0.3 is 0 Å². The van der Waals surface area contributed by atoms with Gasteiger partial charge in [-0.1, -0.05) is 30.3 Å². The summed E-state index contributed by atoms with van der Waals surface area (Å²) in [4.78, 5) is 4.29. The lowest BCUT2D eigenvalue weighted by Gasteiger charge is -1.92. The molecule has 1 heteroatoms. The molecular formula is C13H9N. The van der Waals surface area contributed by atoms with Crippen molar-refractivity contribution in [1.29, 1.82) is 0 Å². The van der Waals surface area contributed by atoms with Crippen molar-refractivity contribution >= 4 is 21.7 Å². The maximum Gasteiger partial charge on any atom is 0.0708 e. The van der Waals surface area contributed by atoms with Crippen LogP contribution in [0.25, 0.3) is 21.7 Å². The second kappa shape index (κ2) is 2.81. The summed E-state index contributed by atoms with van der Waals surface area (Å²) in [6.07, 6.45) is 1.85. The fourth-order valence-corrected chi connectivity index (χ4v) is 1.75. The quantitative estimate of drug-likeness (QED) is 0.515. The predicted octanol–water partition coefficient (Wildman–Crippen LogP) is 3.39. The van der Waals surface area contributed by atoms with Crippen molar-refractivity contribution in [2.45, 2.75) is 0 Å². The third-order valence-corrected chi connectivity index (χ3v) is 2.47. The number of hydrogen-bond acceptors (Lipinski definition) is 1. The van der Waals surface area contributed by atoms with E-state index in [4.69, 9.17) is 0 Å². The second-order valence-electron chi connectivity index (χ2n) is 3.40. The van der Waals surface area contributed by atoms with E-state index in [0.29, 0.717) is 0 Å². The van der Waals surface area contributed by atoms with Crippen LogP contribution in [0.5, 0.6) is 0 Å². The van der Waals surface area contributed by atoms with E-state index >= 15 is 0 Å². The van der Waals surface area contributed by atoms with Crippen molar-refractivity contribution in [1.82, 2.24) is 4.98 Å². The highest BCUT2D eigenvalue weighted by molar-refractivity contribution is 5.96. The van der Waals surface area contributed by atoms with Gasteiger partial charge in [-0.05, 0) is 29.0 Å². The van der Waals surface area contributed by atoms with Gasteiger partial charge in [0.2, 0.25) is 0 Å². The first kappa shape index (κ1) is 7.51. The zero-order chi connectivity index (χ0) is 9.38. The van der Waals surface area contributed by atoms with Gasteiger partial charge in [0.05, 0.1) is 5.52 Å². The molecule has 0 saturated heterocycles. The Kier molecular flexibility index (Phi) is 1.51. The Labute approximate surface area is 82.0 Å². The van der Waals surface area contributed by atoms with Gasteiger partial charge in [-0.3, -0.25) is 4.98 Å². The zero-order valence-corrected chi connectivity index (χ0v) is 7.64. The molecule has 0 saturated carbocycles. The van der Waals surface area contributed by atoms with Gasteiger partial charge in [-0.15, -0.1) is 0 Å². The Hall–Kier alpha value is -1.89.